The van der Waals surface area contributed by atoms with Crippen molar-refractivity contribution < 1.29 is 9.47 Å². The molecule has 0 fully saturated rings. The zero-order valence-corrected chi connectivity index (χ0v) is 14.9. The van der Waals surface area contributed by atoms with Crippen molar-refractivity contribution in [2.24, 2.45) is 0 Å². The van der Waals surface area contributed by atoms with E-state index in [1.165, 1.54) is 11.1 Å². The number of hydrogen-bond donors (Lipinski definition) is 0. The zero-order chi connectivity index (χ0) is 17.9. The predicted octanol–water partition coefficient (Wildman–Crippen LogP) is 7.04. The summed E-state index contributed by atoms with van der Waals surface area (Å²) in [6.45, 7) is 4.12. The van der Waals surface area contributed by atoms with Gasteiger partial charge in [-0.2, -0.15) is 0 Å². The van der Waals surface area contributed by atoms with Crippen molar-refractivity contribution in [2.75, 3.05) is 0 Å². The molecule has 2 heteroatoms. The monoisotopic (exact) mass is 340 g/mol. The zero-order valence-electron chi connectivity index (χ0n) is 14.9. The van der Waals surface area contributed by atoms with Crippen LogP contribution in [0.5, 0.6) is 23.0 Å². The minimum absolute atomic E-state index is 0.702. The summed E-state index contributed by atoms with van der Waals surface area (Å²) in [4.78, 5) is 0. The summed E-state index contributed by atoms with van der Waals surface area (Å²) in [6.07, 6.45) is 0. The summed E-state index contributed by atoms with van der Waals surface area (Å²) in [5.41, 5.74) is 2.40. The lowest BCUT2D eigenvalue weighted by atomic mass is 10.1. The molecule has 0 radical (unpaired) electrons. The van der Waals surface area contributed by atoms with Crippen molar-refractivity contribution in [1.82, 2.24) is 0 Å². The molecule has 0 amide bonds. The van der Waals surface area contributed by atoms with E-state index in [1.807, 2.05) is 72.8 Å². The van der Waals surface area contributed by atoms with Crippen molar-refractivity contribution in [1.29, 1.82) is 0 Å². The van der Waals surface area contributed by atoms with Gasteiger partial charge in [-0.1, -0.05) is 59.7 Å². The van der Waals surface area contributed by atoms with Crippen LogP contribution in [-0.4, -0.2) is 0 Å². The standard InChI is InChI=1S/C24H20O2/c1-17-7-11-21(12-8-17)25-23-15-19-5-3-4-6-20(19)16-24(23)26-22-13-9-18(2)10-14-22/h3-16H,1-2H3. The number of fused-ring (bicyclic) bond motifs is 1. The molecule has 4 aromatic carbocycles. The Bertz CT molecular complexity index is 946. The van der Waals surface area contributed by atoms with Crippen LogP contribution in [-0.2, 0) is 0 Å². The maximum atomic E-state index is 6.14. The van der Waals surface area contributed by atoms with Crippen LogP contribution in [0.15, 0.2) is 84.9 Å². The molecule has 0 bridgehead atoms. The van der Waals surface area contributed by atoms with Crippen molar-refractivity contribution >= 4 is 10.8 Å². The van der Waals surface area contributed by atoms with Crippen LogP contribution in [0.25, 0.3) is 10.8 Å². The molecule has 0 unspecified atom stereocenters. The van der Waals surface area contributed by atoms with Crippen LogP contribution in [0.1, 0.15) is 11.1 Å². The van der Waals surface area contributed by atoms with Crippen LogP contribution in [0, 0.1) is 13.8 Å². The van der Waals surface area contributed by atoms with Crippen LogP contribution < -0.4 is 9.47 Å². The number of aryl methyl sites for hydroxylation is 2. The third-order valence-corrected chi connectivity index (χ3v) is 4.31. The number of rotatable bonds is 4. The molecule has 2 nitrogen and oxygen atoms in total. The second-order valence-electron chi connectivity index (χ2n) is 6.48. The van der Waals surface area contributed by atoms with E-state index in [-0.39, 0.29) is 0 Å². The molecule has 0 aliphatic heterocycles. The van der Waals surface area contributed by atoms with Gasteiger partial charge in [0.15, 0.2) is 11.5 Å². The smallest absolute Gasteiger partial charge is 0.170 e. The first-order valence-corrected chi connectivity index (χ1v) is 8.69. The normalized spacial score (nSPS) is 10.7. The first-order valence-electron chi connectivity index (χ1n) is 8.69. The van der Waals surface area contributed by atoms with E-state index in [0.29, 0.717) is 11.5 Å². The lowest BCUT2D eigenvalue weighted by molar-refractivity contribution is 0.420. The Kier molecular flexibility index (Phi) is 4.32. The summed E-state index contributed by atoms with van der Waals surface area (Å²) in [5.74, 6) is 2.99. The summed E-state index contributed by atoms with van der Waals surface area (Å²) >= 11 is 0. The highest BCUT2D eigenvalue weighted by Crippen LogP contribution is 2.38. The summed E-state index contributed by atoms with van der Waals surface area (Å²) in [5, 5.41) is 2.23. The van der Waals surface area contributed by atoms with Gasteiger partial charge in [-0.15, -0.1) is 0 Å². The van der Waals surface area contributed by atoms with Gasteiger partial charge >= 0.3 is 0 Å². The van der Waals surface area contributed by atoms with E-state index in [2.05, 4.69) is 26.0 Å². The molecule has 128 valence electrons. The molecule has 0 aromatic heterocycles. The van der Waals surface area contributed by atoms with Crippen molar-refractivity contribution in [3.05, 3.63) is 96.1 Å². The maximum Gasteiger partial charge on any atom is 0.170 e. The van der Waals surface area contributed by atoms with E-state index in [9.17, 15) is 0 Å². The number of hydrogen-bond acceptors (Lipinski definition) is 2. The Balaban J connectivity index is 1.75. The van der Waals surface area contributed by atoms with Gasteiger partial charge in [-0.25, -0.2) is 0 Å². The number of ether oxygens (including phenoxy) is 2. The highest BCUT2D eigenvalue weighted by atomic mass is 16.5. The van der Waals surface area contributed by atoms with Gasteiger partial charge in [0.05, 0.1) is 0 Å². The molecule has 4 aromatic rings. The van der Waals surface area contributed by atoms with Crippen molar-refractivity contribution in [3.8, 4) is 23.0 Å². The molecule has 0 atom stereocenters. The van der Waals surface area contributed by atoms with Gasteiger partial charge in [0.1, 0.15) is 11.5 Å². The lowest BCUT2D eigenvalue weighted by Crippen LogP contribution is -1.91. The SMILES string of the molecule is Cc1ccc(Oc2cc3ccccc3cc2Oc2ccc(C)cc2)cc1. The second kappa shape index (κ2) is 6.93. The van der Waals surface area contributed by atoms with Crippen LogP contribution in [0.2, 0.25) is 0 Å². The molecule has 0 aliphatic carbocycles. The van der Waals surface area contributed by atoms with E-state index < -0.39 is 0 Å². The summed E-state index contributed by atoms with van der Waals surface area (Å²) < 4.78 is 12.3. The molecule has 0 aliphatic rings. The molecule has 26 heavy (non-hydrogen) atoms. The van der Waals surface area contributed by atoms with Crippen molar-refractivity contribution in [2.45, 2.75) is 13.8 Å². The second-order valence-corrected chi connectivity index (χ2v) is 6.48. The molecule has 0 heterocycles. The average Bonchev–Trinajstić information content (AvgIpc) is 2.66. The van der Waals surface area contributed by atoms with Crippen molar-refractivity contribution in [3.63, 3.8) is 0 Å². The molecular weight excluding hydrogens is 320 g/mol. The van der Waals surface area contributed by atoms with Gasteiger partial charge in [-0.05, 0) is 61.0 Å². The molecule has 0 N–H and O–H groups in total. The Morgan fingerprint density at radius 3 is 1.27 bits per heavy atom. The van der Waals surface area contributed by atoms with Crippen LogP contribution in [0.4, 0.5) is 0 Å². The highest BCUT2D eigenvalue weighted by molar-refractivity contribution is 5.86. The molecule has 0 saturated carbocycles. The van der Waals surface area contributed by atoms with Gasteiger partial charge in [0.2, 0.25) is 0 Å². The van der Waals surface area contributed by atoms with Gasteiger partial charge in [0, 0.05) is 0 Å². The van der Waals surface area contributed by atoms with Gasteiger partial charge in [0.25, 0.3) is 0 Å². The summed E-state index contributed by atoms with van der Waals surface area (Å²) in [6, 6.07) is 28.3. The predicted molar refractivity (Wildman–Crippen MR) is 106 cm³/mol. The van der Waals surface area contributed by atoms with E-state index in [0.717, 1.165) is 22.3 Å². The topological polar surface area (TPSA) is 18.5 Å². The van der Waals surface area contributed by atoms with E-state index in [4.69, 9.17) is 9.47 Å². The Morgan fingerprint density at radius 1 is 0.500 bits per heavy atom. The molecule has 0 saturated heterocycles. The van der Waals surface area contributed by atoms with Gasteiger partial charge in [-0.3, -0.25) is 0 Å². The molecule has 0 spiro atoms. The third kappa shape index (κ3) is 3.55. The summed E-state index contributed by atoms with van der Waals surface area (Å²) in [7, 11) is 0. The molecular formula is C24H20O2. The minimum Gasteiger partial charge on any atom is -0.453 e. The fourth-order valence-corrected chi connectivity index (χ4v) is 2.82. The largest absolute Gasteiger partial charge is 0.453 e. The van der Waals surface area contributed by atoms with E-state index in [1.54, 1.807) is 0 Å². The van der Waals surface area contributed by atoms with Gasteiger partial charge < -0.3 is 9.47 Å². The highest BCUT2D eigenvalue weighted by Gasteiger charge is 2.10. The average molecular weight is 340 g/mol. The quantitative estimate of drug-likeness (QED) is 0.396. The first kappa shape index (κ1) is 16.2. The first-order chi connectivity index (χ1) is 12.7. The fraction of sp³-hybridized carbons (Fsp3) is 0.0833. The fourth-order valence-electron chi connectivity index (χ4n) is 2.82. The van der Waals surface area contributed by atoms with E-state index >= 15 is 0 Å². The third-order valence-electron chi connectivity index (χ3n) is 4.31. The van der Waals surface area contributed by atoms with Crippen LogP contribution >= 0.6 is 0 Å². The minimum atomic E-state index is 0.702. The lowest BCUT2D eigenvalue weighted by Gasteiger charge is -2.14. The Morgan fingerprint density at radius 2 is 0.885 bits per heavy atom. The molecule has 4 rings (SSSR count). The van der Waals surface area contributed by atoms with Crippen LogP contribution in [0.3, 0.4) is 0 Å². The maximum absolute atomic E-state index is 6.14. The Labute approximate surface area is 153 Å². The Hall–Kier alpha value is -3.26. The number of benzene rings is 4.